The molecule has 0 radical (unpaired) electrons. The minimum Gasteiger partial charge on any atom is -0.456 e. The van der Waals surface area contributed by atoms with Crippen molar-refractivity contribution >= 4 is 130 Å². The highest BCUT2D eigenvalue weighted by atomic mass is 16.3. The standard InChI is InChI=1S/C42H32O.C36H28O.C33H22O/c1-42(2,3)29-25-23-27(24-26-29)30-19-11-21-36-40-35(20-12-22-37(40)43-41(30)36)39-33-17-9-7-15-31(33)38(28-13-5-4-6-14-28)32-16-8-10-18-34(32)39;1-36(2,3)30-21-11-20-29-34-28(19-12-22-31(34)37-35(29)30)33-26-17-9-7-15-24(26)32(23-13-5-4-6-14-23)25-16-8-10-18-27(25)33;1-21-11-9-19-28-32-27(18-10-20-29(32)34-33(21)28)31-25-16-7-5-14-23(25)30(22-12-3-2-4-13-22)24-15-6-8-17-26(24)31/h4-26H,1-3H3;4-22H,1-3H3;2-20H,1H3/i;;2D,3D,4D,12D,13D. The van der Waals surface area contributed by atoms with Crippen molar-refractivity contribution in [2.45, 2.75) is 59.3 Å². The molecule has 3 heteroatoms. The van der Waals surface area contributed by atoms with E-state index in [0.29, 0.717) is 5.56 Å². The van der Waals surface area contributed by atoms with Gasteiger partial charge >= 0.3 is 0 Å². The van der Waals surface area contributed by atoms with E-state index in [1.165, 1.54) is 115 Å². The third kappa shape index (κ3) is 11.6. The minimum absolute atomic E-state index is 0.00965. The van der Waals surface area contributed by atoms with E-state index < -0.39 is 6.04 Å². The summed E-state index contributed by atoms with van der Waals surface area (Å²) in [5, 5.41) is 20.3. The lowest BCUT2D eigenvalue weighted by molar-refractivity contribution is 0.573. The van der Waals surface area contributed by atoms with Crippen LogP contribution in [0.15, 0.2) is 383 Å². The van der Waals surface area contributed by atoms with E-state index in [1.807, 2.05) is 79.7 Å². The Morgan fingerprint density at radius 2 is 0.518 bits per heavy atom. The first-order chi connectivity index (χ1) is 57.9. The third-order valence-electron chi connectivity index (χ3n) is 23.1. The van der Waals surface area contributed by atoms with Crippen molar-refractivity contribution in [1.82, 2.24) is 0 Å². The van der Waals surface area contributed by atoms with Crippen LogP contribution in [0.3, 0.4) is 0 Å². The van der Waals surface area contributed by atoms with Crippen molar-refractivity contribution < 1.29 is 20.1 Å². The van der Waals surface area contributed by atoms with Gasteiger partial charge in [-0.2, -0.15) is 0 Å². The van der Waals surface area contributed by atoms with Crippen LogP contribution >= 0.6 is 0 Å². The Kier molecular flexibility index (Phi) is 15.6. The predicted molar refractivity (Wildman–Crippen MR) is 486 cm³/mol. The van der Waals surface area contributed by atoms with Crippen LogP contribution in [0, 0.1) is 6.92 Å². The van der Waals surface area contributed by atoms with Gasteiger partial charge in [-0.25, -0.2) is 0 Å². The van der Waals surface area contributed by atoms with Gasteiger partial charge in [-0.1, -0.05) is 393 Å². The molecule has 114 heavy (non-hydrogen) atoms. The van der Waals surface area contributed by atoms with E-state index in [4.69, 9.17) is 20.1 Å². The molecule has 19 aromatic carbocycles. The molecule has 3 heterocycles. The monoisotopic (exact) mass is 1470 g/mol. The van der Waals surface area contributed by atoms with Crippen LogP contribution in [0.25, 0.3) is 208 Å². The molecule has 0 aliphatic rings. The summed E-state index contributed by atoms with van der Waals surface area (Å²) in [7, 11) is 0. The zero-order valence-corrected chi connectivity index (χ0v) is 64.6. The van der Waals surface area contributed by atoms with Crippen molar-refractivity contribution in [3.05, 3.63) is 387 Å². The molecule has 0 spiro atoms. The number of aryl methyl sites for hydroxylation is 1. The Balaban J connectivity index is 0.000000115. The van der Waals surface area contributed by atoms with Gasteiger partial charge in [0.25, 0.3) is 0 Å². The Labute approximate surface area is 670 Å². The number of furan rings is 3. The fourth-order valence-corrected chi connectivity index (χ4v) is 18.0. The van der Waals surface area contributed by atoms with Crippen molar-refractivity contribution in [3.8, 4) is 77.9 Å². The fraction of sp³-hybridized carbons (Fsp3) is 0.0811. The van der Waals surface area contributed by atoms with Crippen LogP contribution in [0.4, 0.5) is 0 Å². The predicted octanol–water partition coefficient (Wildman–Crippen LogP) is 32.2. The van der Waals surface area contributed by atoms with E-state index in [-0.39, 0.29) is 40.6 Å². The van der Waals surface area contributed by atoms with Gasteiger partial charge in [-0.15, -0.1) is 0 Å². The summed E-state index contributed by atoms with van der Waals surface area (Å²) in [6, 6.07) is 119. The maximum Gasteiger partial charge on any atom is 0.143 e. The molecular formula is C111H82O3. The van der Waals surface area contributed by atoms with Crippen molar-refractivity contribution in [1.29, 1.82) is 0 Å². The van der Waals surface area contributed by atoms with Crippen molar-refractivity contribution in [3.63, 3.8) is 0 Å². The molecule has 0 amide bonds. The normalized spacial score (nSPS) is 12.6. The maximum atomic E-state index is 8.75. The molecule has 22 aromatic rings. The highest BCUT2D eigenvalue weighted by molar-refractivity contribution is 6.30. The molecule has 0 aliphatic carbocycles. The minimum atomic E-state index is -0.396. The highest BCUT2D eigenvalue weighted by Crippen LogP contribution is 2.52. The van der Waals surface area contributed by atoms with Crippen LogP contribution in [-0.4, -0.2) is 0 Å². The van der Waals surface area contributed by atoms with Crippen LogP contribution in [0.1, 0.15) is 65.1 Å². The largest absolute Gasteiger partial charge is 0.456 e. The summed E-state index contributed by atoms with van der Waals surface area (Å²) in [5.74, 6) is 0. The van der Waals surface area contributed by atoms with Crippen LogP contribution in [0.5, 0.6) is 0 Å². The molecule has 3 nitrogen and oxygen atoms in total. The van der Waals surface area contributed by atoms with Gasteiger partial charge in [0.2, 0.25) is 0 Å². The second-order valence-electron chi connectivity index (χ2n) is 32.0. The first-order valence-electron chi connectivity index (χ1n) is 41.8. The number of hydrogen-bond donors (Lipinski definition) is 0. The second-order valence-corrected chi connectivity index (χ2v) is 32.0. The number of benzene rings is 19. The molecule has 3 aromatic heterocycles. The summed E-state index contributed by atoms with van der Waals surface area (Å²) in [6.45, 7) is 15.6. The number of rotatable bonds is 7. The SMILES string of the molecule is CC(C)(C)c1ccc(-c2cccc3c2oc2cccc(-c4c5ccccc5c(-c5ccccc5)c5ccccc45)c23)cc1.CC(C)(C)c1cccc2c1oc1cccc(-c3c4ccccc4c(-c4ccccc4)c4ccccc34)c12.[2H]c1c([2H])c([2H])c(-c2c3ccccc3c(-c3cccc4oc5c(C)cccc5c34)c3ccccc23)c([2H])c1[2H]. The molecule has 0 unspecified atom stereocenters. The van der Waals surface area contributed by atoms with Gasteiger partial charge in [0.1, 0.15) is 33.5 Å². The van der Waals surface area contributed by atoms with Crippen LogP contribution in [-0.2, 0) is 10.8 Å². The topological polar surface area (TPSA) is 39.4 Å². The third-order valence-corrected chi connectivity index (χ3v) is 23.1. The zero-order valence-electron chi connectivity index (χ0n) is 69.6. The first kappa shape index (κ1) is 63.9. The van der Waals surface area contributed by atoms with Crippen molar-refractivity contribution in [2.24, 2.45) is 0 Å². The molecule has 0 bridgehead atoms. The number of hydrogen-bond acceptors (Lipinski definition) is 3. The molecule has 22 rings (SSSR count). The molecule has 0 saturated heterocycles. The molecule has 0 N–H and O–H groups in total. The van der Waals surface area contributed by atoms with E-state index in [1.54, 1.807) is 0 Å². The summed E-state index contributed by atoms with van der Waals surface area (Å²) < 4.78 is 61.9. The number of para-hydroxylation sites is 3. The molecule has 544 valence electrons. The molecule has 0 atom stereocenters. The quantitative estimate of drug-likeness (QED) is 0.149. The average Bonchev–Trinajstić information content (AvgIpc) is 1.45. The fourth-order valence-electron chi connectivity index (χ4n) is 18.0. The Bertz CT molecular complexity index is 7670. The average molecular weight is 1470 g/mol. The van der Waals surface area contributed by atoms with Gasteiger partial charge in [0.05, 0.1) is 6.85 Å². The number of fused-ring (bicyclic) bond motifs is 15. The maximum absolute atomic E-state index is 8.75. The Morgan fingerprint density at radius 3 is 0.904 bits per heavy atom. The second kappa shape index (κ2) is 27.9. The van der Waals surface area contributed by atoms with Gasteiger partial charge in [-0.3, -0.25) is 0 Å². The molecular weight excluding hydrogens is 1380 g/mol. The van der Waals surface area contributed by atoms with Gasteiger partial charge < -0.3 is 13.3 Å². The first-order valence-corrected chi connectivity index (χ1v) is 39.3. The highest BCUT2D eigenvalue weighted by Gasteiger charge is 2.27. The molecule has 0 aliphatic heterocycles. The van der Waals surface area contributed by atoms with E-state index >= 15 is 0 Å². The summed E-state index contributed by atoms with van der Waals surface area (Å²) in [6.07, 6.45) is 0. The lowest BCUT2D eigenvalue weighted by Crippen LogP contribution is -2.10. The summed E-state index contributed by atoms with van der Waals surface area (Å²) >= 11 is 0. The van der Waals surface area contributed by atoms with Crippen LogP contribution < -0.4 is 0 Å². The Hall–Kier alpha value is -13.9. The van der Waals surface area contributed by atoms with E-state index in [9.17, 15) is 0 Å². The Morgan fingerprint density at radius 1 is 0.219 bits per heavy atom. The van der Waals surface area contributed by atoms with Crippen molar-refractivity contribution in [2.75, 3.05) is 0 Å². The van der Waals surface area contributed by atoms with Crippen LogP contribution in [0.2, 0.25) is 0 Å². The lowest BCUT2D eigenvalue weighted by atomic mass is 9.84. The van der Waals surface area contributed by atoms with Gasteiger partial charge in [-0.05, 0) is 184 Å². The molecule has 0 fully saturated rings. The molecule has 0 saturated carbocycles. The van der Waals surface area contributed by atoms with E-state index in [2.05, 4.69) is 308 Å². The summed E-state index contributed by atoms with van der Waals surface area (Å²) in [4.78, 5) is 0. The van der Waals surface area contributed by atoms with Gasteiger partial charge in [0, 0.05) is 43.4 Å². The smallest absolute Gasteiger partial charge is 0.143 e. The zero-order chi connectivity index (χ0) is 81.3. The van der Waals surface area contributed by atoms with E-state index in [0.717, 1.165) is 98.8 Å². The lowest BCUT2D eigenvalue weighted by Gasteiger charge is -2.19. The van der Waals surface area contributed by atoms with Gasteiger partial charge in [0.15, 0.2) is 0 Å². The summed E-state index contributed by atoms with van der Waals surface area (Å²) in [5.41, 5.74) is 24.3.